The van der Waals surface area contributed by atoms with Crippen LogP contribution in [-0.4, -0.2) is 36.9 Å². The predicted octanol–water partition coefficient (Wildman–Crippen LogP) is 1.22. The molecule has 6 heteroatoms. The predicted molar refractivity (Wildman–Crippen MR) is 60.8 cm³/mol. The number of hydrogen-bond acceptors (Lipinski definition) is 4. The van der Waals surface area contributed by atoms with Gasteiger partial charge in [-0.25, -0.2) is 0 Å². The number of hydrogen-bond donors (Lipinski definition) is 0. The number of rotatable bonds is 0. The Kier molecular flexibility index (Phi) is 1.98. The molecule has 0 N–H and O–H groups in total. The van der Waals surface area contributed by atoms with Gasteiger partial charge in [-0.05, 0) is 34.6 Å². The lowest BCUT2D eigenvalue weighted by atomic mass is 9.49. The zero-order valence-corrected chi connectivity index (χ0v) is 10.6. The highest BCUT2D eigenvalue weighted by Gasteiger charge is 2.67. The molecule has 4 bridgehead atoms. The minimum atomic E-state index is -0.397. The van der Waals surface area contributed by atoms with Gasteiger partial charge in [-0.15, -0.1) is 0 Å². The molecule has 3 heterocycles. The van der Waals surface area contributed by atoms with Crippen molar-refractivity contribution in [2.24, 2.45) is 0 Å². The van der Waals surface area contributed by atoms with E-state index in [-0.39, 0.29) is 29.9 Å². The van der Waals surface area contributed by atoms with Crippen LogP contribution in [0.1, 0.15) is 41.0 Å². The zero-order chi connectivity index (χ0) is 11.8. The van der Waals surface area contributed by atoms with E-state index in [2.05, 4.69) is 34.6 Å². The molecular formula is C10H18B2O4. The van der Waals surface area contributed by atoms with Gasteiger partial charge < -0.3 is 18.6 Å². The maximum absolute atomic E-state index is 5.98. The van der Waals surface area contributed by atoms with Crippen molar-refractivity contribution in [2.75, 3.05) is 0 Å². The first-order valence-electron chi connectivity index (χ1n) is 5.92. The van der Waals surface area contributed by atoms with Crippen LogP contribution in [0.5, 0.6) is 0 Å². The molecule has 0 aromatic rings. The molecule has 3 saturated heterocycles. The second-order valence-corrected chi connectivity index (χ2v) is 6.26. The maximum Gasteiger partial charge on any atom is 0.488 e. The second-order valence-electron chi connectivity index (χ2n) is 6.26. The molecule has 0 spiro atoms. The molecule has 3 fully saturated rings. The van der Waals surface area contributed by atoms with Crippen LogP contribution in [0.15, 0.2) is 0 Å². The molecule has 4 nitrogen and oxygen atoms in total. The molecule has 2 unspecified atom stereocenters. The van der Waals surface area contributed by atoms with Gasteiger partial charge in [0.25, 0.3) is 0 Å². The Morgan fingerprint density at radius 1 is 0.938 bits per heavy atom. The molecule has 88 valence electrons. The summed E-state index contributed by atoms with van der Waals surface area (Å²) in [7, 11) is -0.782. The number of fused-ring (bicyclic) bond motifs is 5. The summed E-state index contributed by atoms with van der Waals surface area (Å²) in [5, 5.41) is 0. The SMILES string of the molecule is CC1(C)OB2OC1CC1(C)OB2OC1(C)C. The van der Waals surface area contributed by atoms with Gasteiger partial charge in [0.15, 0.2) is 0 Å². The first kappa shape index (κ1) is 11.1. The lowest BCUT2D eigenvalue weighted by molar-refractivity contribution is -0.0550. The molecule has 0 aromatic heterocycles. The summed E-state index contributed by atoms with van der Waals surface area (Å²) in [6.07, 6.45) is 0.885. The van der Waals surface area contributed by atoms with E-state index in [1.54, 1.807) is 0 Å². The molecule has 0 amide bonds. The van der Waals surface area contributed by atoms with E-state index in [4.69, 9.17) is 18.6 Å². The van der Waals surface area contributed by atoms with Gasteiger partial charge in [0.2, 0.25) is 0 Å². The van der Waals surface area contributed by atoms with Crippen LogP contribution in [0.2, 0.25) is 0 Å². The third-order valence-electron chi connectivity index (χ3n) is 4.35. The lowest BCUT2D eigenvalue weighted by Gasteiger charge is -2.40. The fraction of sp³-hybridized carbons (Fsp3) is 1.00. The third kappa shape index (κ3) is 1.27. The minimum Gasteiger partial charge on any atom is -0.407 e. The summed E-state index contributed by atoms with van der Waals surface area (Å²) in [5.74, 6) is 0. The Morgan fingerprint density at radius 3 is 2.31 bits per heavy atom. The Bertz CT molecular complexity index is 333. The van der Waals surface area contributed by atoms with E-state index in [0.717, 1.165) is 6.42 Å². The first-order valence-corrected chi connectivity index (χ1v) is 5.92. The molecule has 16 heavy (non-hydrogen) atoms. The van der Waals surface area contributed by atoms with Crippen molar-refractivity contribution >= 4 is 14.0 Å². The van der Waals surface area contributed by atoms with E-state index in [1.807, 2.05) is 0 Å². The van der Waals surface area contributed by atoms with E-state index < -0.39 is 7.01 Å². The summed E-state index contributed by atoms with van der Waals surface area (Å²) < 4.78 is 23.6. The van der Waals surface area contributed by atoms with Crippen LogP contribution in [-0.2, 0) is 18.6 Å². The van der Waals surface area contributed by atoms with E-state index in [1.165, 1.54) is 0 Å². The van der Waals surface area contributed by atoms with Crippen LogP contribution in [0.25, 0.3) is 0 Å². The Labute approximate surface area is 97.2 Å². The van der Waals surface area contributed by atoms with Gasteiger partial charge in [0.05, 0.1) is 22.9 Å². The fourth-order valence-corrected chi connectivity index (χ4v) is 2.74. The summed E-state index contributed by atoms with van der Waals surface area (Å²) in [4.78, 5) is 0. The topological polar surface area (TPSA) is 36.9 Å². The highest BCUT2D eigenvalue weighted by atomic mass is 16.7. The zero-order valence-electron chi connectivity index (χ0n) is 10.6. The third-order valence-corrected chi connectivity index (χ3v) is 4.35. The van der Waals surface area contributed by atoms with Crippen molar-refractivity contribution in [1.29, 1.82) is 0 Å². The normalized spacial score (nSPS) is 43.7. The smallest absolute Gasteiger partial charge is 0.407 e. The van der Waals surface area contributed by atoms with Crippen LogP contribution >= 0.6 is 0 Å². The maximum atomic E-state index is 5.98. The Morgan fingerprint density at radius 2 is 1.62 bits per heavy atom. The van der Waals surface area contributed by atoms with Crippen molar-refractivity contribution in [1.82, 2.24) is 0 Å². The molecule has 3 aliphatic rings. The molecule has 2 atom stereocenters. The van der Waals surface area contributed by atoms with Gasteiger partial charge in [-0.3, -0.25) is 0 Å². The van der Waals surface area contributed by atoms with Crippen LogP contribution < -0.4 is 0 Å². The van der Waals surface area contributed by atoms with Crippen LogP contribution in [0, 0.1) is 0 Å². The first-order chi connectivity index (χ1) is 7.24. The summed E-state index contributed by atoms with van der Waals surface area (Å²) >= 11 is 0. The van der Waals surface area contributed by atoms with Gasteiger partial charge >= 0.3 is 14.0 Å². The van der Waals surface area contributed by atoms with Crippen molar-refractivity contribution in [2.45, 2.75) is 63.9 Å². The molecular weight excluding hydrogens is 206 g/mol. The molecule has 0 aromatic carbocycles. The van der Waals surface area contributed by atoms with E-state index >= 15 is 0 Å². The van der Waals surface area contributed by atoms with Gasteiger partial charge in [0, 0.05) is 6.42 Å². The van der Waals surface area contributed by atoms with Crippen LogP contribution in [0.3, 0.4) is 0 Å². The van der Waals surface area contributed by atoms with Crippen molar-refractivity contribution in [3.05, 3.63) is 0 Å². The fourth-order valence-electron chi connectivity index (χ4n) is 2.74. The molecule has 0 saturated carbocycles. The minimum absolute atomic E-state index is 0.0793. The second kappa shape index (κ2) is 2.86. The summed E-state index contributed by atoms with van der Waals surface area (Å²) in [5.41, 5.74) is -0.836. The standard InChI is InChI=1S/C10H18B2O4/c1-8(2)7-6-10(5)9(3,4)15-12(16-10)11(13-7)14-8/h7H,6H2,1-5H3. The van der Waals surface area contributed by atoms with Crippen molar-refractivity contribution in [3.63, 3.8) is 0 Å². The summed E-state index contributed by atoms with van der Waals surface area (Å²) in [6.45, 7) is 10.4. The molecule has 3 aliphatic heterocycles. The molecule has 0 radical (unpaired) electrons. The van der Waals surface area contributed by atoms with E-state index in [0.29, 0.717) is 0 Å². The lowest BCUT2D eigenvalue weighted by Crippen LogP contribution is -2.50. The van der Waals surface area contributed by atoms with Gasteiger partial charge in [0.1, 0.15) is 0 Å². The average Bonchev–Trinajstić information content (AvgIpc) is 2.45. The van der Waals surface area contributed by atoms with Gasteiger partial charge in [-0.2, -0.15) is 0 Å². The van der Waals surface area contributed by atoms with E-state index in [9.17, 15) is 0 Å². The van der Waals surface area contributed by atoms with Crippen molar-refractivity contribution < 1.29 is 18.6 Å². The highest BCUT2D eigenvalue weighted by molar-refractivity contribution is 7.11. The molecule has 0 aliphatic carbocycles. The van der Waals surface area contributed by atoms with Crippen molar-refractivity contribution in [3.8, 4) is 0 Å². The van der Waals surface area contributed by atoms with Gasteiger partial charge in [-0.1, -0.05) is 0 Å². The monoisotopic (exact) mass is 224 g/mol. The Hall–Kier alpha value is -0.0301. The Balaban J connectivity index is 1.99. The average molecular weight is 224 g/mol. The quantitative estimate of drug-likeness (QED) is 0.579. The highest BCUT2D eigenvalue weighted by Crippen LogP contribution is 2.48. The largest absolute Gasteiger partial charge is 0.488 e. The summed E-state index contributed by atoms with van der Waals surface area (Å²) in [6, 6.07) is 0. The van der Waals surface area contributed by atoms with Crippen LogP contribution in [0.4, 0.5) is 0 Å². The molecule has 3 rings (SSSR count).